The van der Waals surface area contributed by atoms with Gasteiger partial charge in [-0.1, -0.05) is 23.2 Å². The smallest absolute Gasteiger partial charge is 0.149 e. The largest absolute Gasteiger partial charge is 0.382 e. The van der Waals surface area contributed by atoms with Gasteiger partial charge in [0.25, 0.3) is 0 Å². The molecular formula is C12H18Cl2N4. The topological polar surface area (TPSA) is 45.4 Å². The van der Waals surface area contributed by atoms with Crippen LogP contribution in [0.3, 0.4) is 0 Å². The number of rotatable bonds is 2. The van der Waals surface area contributed by atoms with E-state index in [0.717, 1.165) is 31.7 Å². The summed E-state index contributed by atoms with van der Waals surface area (Å²) in [5.41, 5.74) is 5.74. The third-order valence-electron chi connectivity index (χ3n) is 3.43. The maximum atomic E-state index is 6.18. The minimum absolute atomic E-state index is 0.339. The highest BCUT2D eigenvalue weighted by Gasteiger charge is 2.23. The number of nitrogens with two attached hydrogens (primary N) is 1. The minimum atomic E-state index is 0.339. The Hall–Kier alpha value is -0.710. The van der Waals surface area contributed by atoms with Crippen molar-refractivity contribution < 1.29 is 0 Å². The molecule has 2 N–H and O–H groups in total. The SMILES string of the molecule is CN(C)C1CCN(c2nc(N)c(Cl)cc2Cl)CC1. The predicted molar refractivity (Wildman–Crippen MR) is 77.6 cm³/mol. The summed E-state index contributed by atoms with van der Waals surface area (Å²) in [5, 5.41) is 0.976. The third kappa shape index (κ3) is 2.82. The highest BCUT2D eigenvalue weighted by molar-refractivity contribution is 6.37. The average Bonchev–Trinajstić information content (AvgIpc) is 2.34. The van der Waals surface area contributed by atoms with Gasteiger partial charge in [-0.3, -0.25) is 0 Å². The van der Waals surface area contributed by atoms with Gasteiger partial charge in [-0.05, 0) is 33.0 Å². The molecule has 1 saturated heterocycles. The van der Waals surface area contributed by atoms with Crippen molar-refractivity contribution in [1.82, 2.24) is 9.88 Å². The van der Waals surface area contributed by atoms with Crippen LogP contribution in [-0.2, 0) is 0 Å². The van der Waals surface area contributed by atoms with E-state index in [1.807, 2.05) is 0 Å². The van der Waals surface area contributed by atoms with Gasteiger partial charge in [-0.25, -0.2) is 4.98 Å². The van der Waals surface area contributed by atoms with Crippen LogP contribution >= 0.6 is 23.2 Å². The van der Waals surface area contributed by atoms with Crippen LogP contribution in [0.2, 0.25) is 10.0 Å². The Morgan fingerprint density at radius 1 is 1.28 bits per heavy atom. The van der Waals surface area contributed by atoms with Crippen molar-refractivity contribution in [2.45, 2.75) is 18.9 Å². The van der Waals surface area contributed by atoms with E-state index in [2.05, 4.69) is 28.9 Å². The number of nitrogen functional groups attached to an aromatic ring is 1. The van der Waals surface area contributed by atoms with Gasteiger partial charge in [0.05, 0.1) is 10.0 Å². The Balaban J connectivity index is 2.12. The van der Waals surface area contributed by atoms with Crippen LogP contribution in [0.15, 0.2) is 6.07 Å². The van der Waals surface area contributed by atoms with E-state index in [9.17, 15) is 0 Å². The summed E-state index contributed by atoms with van der Waals surface area (Å²) in [7, 11) is 4.23. The van der Waals surface area contributed by atoms with E-state index in [1.165, 1.54) is 0 Å². The van der Waals surface area contributed by atoms with Crippen molar-refractivity contribution in [3.05, 3.63) is 16.1 Å². The van der Waals surface area contributed by atoms with Gasteiger partial charge in [-0.15, -0.1) is 0 Å². The fourth-order valence-corrected chi connectivity index (χ4v) is 2.76. The van der Waals surface area contributed by atoms with Crippen LogP contribution in [0.1, 0.15) is 12.8 Å². The van der Waals surface area contributed by atoms with E-state index in [-0.39, 0.29) is 0 Å². The summed E-state index contributed by atoms with van der Waals surface area (Å²) < 4.78 is 0. The predicted octanol–water partition coefficient (Wildman–Crippen LogP) is 2.50. The monoisotopic (exact) mass is 288 g/mol. The molecule has 18 heavy (non-hydrogen) atoms. The maximum absolute atomic E-state index is 6.18. The second kappa shape index (κ2) is 5.51. The fraction of sp³-hybridized carbons (Fsp3) is 0.583. The van der Waals surface area contributed by atoms with Gasteiger partial charge in [0.1, 0.15) is 11.6 Å². The molecule has 0 amide bonds. The lowest BCUT2D eigenvalue weighted by Gasteiger charge is -2.36. The molecule has 1 aliphatic heterocycles. The van der Waals surface area contributed by atoms with Gasteiger partial charge >= 0.3 is 0 Å². The van der Waals surface area contributed by atoms with Crippen LogP contribution in [0.25, 0.3) is 0 Å². The first-order valence-electron chi connectivity index (χ1n) is 6.02. The van der Waals surface area contributed by atoms with E-state index < -0.39 is 0 Å². The highest BCUT2D eigenvalue weighted by atomic mass is 35.5. The minimum Gasteiger partial charge on any atom is -0.382 e. The average molecular weight is 289 g/mol. The molecule has 1 aromatic rings. The zero-order valence-electron chi connectivity index (χ0n) is 10.7. The quantitative estimate of drug-likeness (QED) is 0.908. The summed E-state index contributed by atoms with van der Waals surface area (Å²) in [6.45, 7) is 1.88. The number of pyridine rings is 1. The highest BCUT2D eigenvalue weighted by Crippen LogP contribution is 2.31. The summed E-state index contributed by atoms with van der Waals surface area (Å²) in [6.07, 6.45) is 2.21. The standard InChI is InChI=1S/C12H18Cl2N4/c1-17(2)8-3-5-18(6-4-8)12-10(14)7-9(13)11(15)16-12/h7-8H,3-6H2,1-2H3,(H2,15,16). The van der Waals surface area contributed by atoms with Gasteiger partial charge in [0.2, 0.25) is 0 Å². The number of hydrogen-bond acceptors (Lipinski definition) is 4. The Labute approximate surface area is 118 Å². The Morgan fingerprint density at radius 3 is 2.44 bits per heavy atom. The van der Waals surface area contributed by atoms with Crippen molar-refractivity contribution >= 4 is 34.8 Å². The van der Waals surface area contributed by atoms with Crippen molar-refractivity contribution in [3.8, 4) is 0 Å². The van der Waals surface area contributed by atoms with Crippen molar-refractivity contribution in [1.29, 1.82) is 0 Å². The summed E-state index contributed by atoms with van der Waals surface area (Å²) in [5.74, 6) is 1.08. The molecule has 2 heterocycles. The van der Waals surface area contributed by atoms with E-state index in [1.54, 1.807) is 6.07 Å². The van der Waals surface area contributed by atoms with Gasteiger partial charge in [-0.2, -0.15) is 0 Å². The number of anilines is 2. The molecule has 0 aromatic carbocycles. The fourth-order valence-electron chi connectivity index (χ4n) is 2.29. The molecule has 1 aliphatic rings. The number of hydrogen-bond donors (Lipinski definition) is 1. The first kappa shape index (κ1) is 13.7. The van der Waals surface area contributed by atoms with Crippen LogP contribution in [-0.4, -0.2) is 43.1 Å². The zero-order valence-corrected chi connectivity index (χ0v) is 12.2. The van der Waals surface area contributed by atoms with E-state index in [0.29, 0.717) is 21.9 Å². The van der Waals surface area contributed by atoms with Gasteiger partial charge < -0.3 is 15.5 Å². The van der Waals surface area contributed by atoms with Crippen LogP contribution < -0.4 is 10.6 Å². The van der Waals surface area contributed by atoms with Gasteiger partial charge in [0, 0.05) is 19.1 Å². The lowest BCUT2D eigenvalue weighted by molar-refractivity contribution is 0.249. The molecule has 1 fully saturated rings. The molecule has 0 bridgehead atoms. The normalized spacial score (nSPS) is 17.5. The number of aromatic nitrogens is 1. The summed E-state index contributed by atoms with van der Waals surface area (Å²) in [6, 6.07) is 2.29. The maximum Gasteiger partial charge on any atom is 0.149 e. The summed E-state index contributed by atoms with van der Waals surface area (Å²) >= 11 is 12.1. The molecule has 6 heteroatoms. The number of halogens is 2. The molecule has 100 valence electrons. The molecule has 0 atom stereocenters. The number of piperidine rings is 1. The molecule has 1 aromatic heterocycles. The number of nitrogens with zero attached hydrogens (tertiary/aromatic N) is 3. The van der Waals surface area contributed by atoms with E-state index in [4.69, 9.17) is 28.9 Å². The first-order chi connectivity index (χ1) is 8.49. The van der Waals surface area contributed by atoms with Crippen LogP contribution in [0.4, 0.5) is 11.6 Å². The van der Waals surface area contributed by atoms with Crippen molar-refractivity contribution in [2.24, 2.45) is 0 Å². The molecular weight excluding hydrogens is 271 g/mol. The zero-order chi connectivity index (χ0) is 13.3. The molecule has 0 unspecified atom stereocenters. The second-order valence-corrected chi connectivity index (χ2v) is 5.66. The third-order valence-corrected chi connectivity index (χ3v) is 4.01. The van der Waals surface area contributed by atoms with Crippen molar-refractivity contribution in [3.63, 3.8) is 0 Å². The Kier molecular flexibility index (Phi) is 4.20. The van der Waals surface area contributed by atoms with Crippen LogP contribution in [0, 0.1) is 0 Å². The van der Waals surface area contributed by atoms with Gasteiger partial charge in [0.15, 0.2) is 0 Å². The lowest BCUT2D eigenvalue weighted by Crippen LogP contribution is -2.42. The molecule has 0 spiro atoms. The second-order valence-electron chi connectivity index (χ2n) is 4.84. The lowest BCUT2D eigenvalue weighted by atomic mass is 10.0. The first-order valence-corrected chi connectivity index (χ1v) is 6.77. The molecule has 0 aliphatic carbocycles. The summed E-state index contributed by atoms with van der Waals surface area (Å²) in [4.78, 5) is 8.73. The Bertz CT molecular complexity index is 428. The molecule has 4 nitrogen and oxygen atoms in total. The Morgan fingerprint density at radius 2 is 1.89 bits per heavy atom. The van der Waals surface area contributed by atoms with Crippen LogP contribution in [0.5, 0.6) is 0 Å². The molecule has 0 radical (unpaired) electrons. The molecule has 0 saturated carbocycles. The van der Waals surface area contributed by atoms with Crippen molar-refractivity contribution in [2.75, 3.05) is 37.8 Å². The molecule has 2 rings (SSSR count). The van der Waals surface area contributed by atoms with E-state index >= 15 is 0 Å².